The number of carbonyl (C=O) groups excluding carboxylic acids is 4. The Balaban J connectivity index is 1.31. The van der Waals surface area contributed by atoms with E-state index in [9.17, 15) is 19.2 Å². The first-order valence-corrected chi connectivity index (χ1v) is 11.9. The van der Waals surface area contributed by atoms with Crippen LogP contribution in [0.2, 0.25) is 0 Å². The van der Waals surface area contributed by atoms with Gasteiger partial charge in [-0.1, -0.05) is 48.5 Å². The molecular formula is C28H26N4O4. The van der Waals surface area contributed by atoms with E-state index in [-0.39, 0.29) is 17.2 Å². The Kier molecular flexibility index (Phi) is 6.01. The third-order valence-electron chi connectivity index (χ3n) is 6.67. The van der Waals surface area contributed by atoms with Crippen LogP contribution in [-0.2, 0) is 21.5 Å². The molecular weight excluding hydrogens is 456 g/mol. The number of rotatable bonds is 5. The van der Waals surface area contributed by atoms with Gasteiger partial charge in [0.2, 0.25) is 5.91 Å². The number of para-hydroxylation sites is 1. The Bertz CT molecular complexity index is 1390. The lowest BCUT2D eigenvalue weighted by Crippen LogP contribution is -2.47. The second-order valence-corrected chi connectivity index (χ2v) is 9.15. The van der Waals surface area contributed by atoms with Crippen molar-refractivity contribution in [2.75, 3.05) is 17.2 Å². The predicted octanol–water partition coefficient (Wildman–Crippen LogP) is 3.97. The maximum atomic E-state index is 13.4. The summed E-state index contributed by atoms with van der Waals surface area (Å²) < 4.78 is 0. The average Bonchev–Trinajstić information content (AvgIpc) is 3.09. The zero-order valence-electron chi connectivity index (χ0n) is 19.8. The Morgan fingerprint density at radius 3 is 2.58 bits per heavy atom. The summed E-state index contributed by atoms with van der Waals surface area (Å²) in [6.45, 7) is 1.47. The van der Waals surface area contributed by atoms with E-state index in [2.05, 4.69) is 16.0 Å². The number of fused-ring (bicyclic) bond motifs is 2. The van der Waals surface area contributed by atoms with Crippen LogP contribution in [0.1, 0.15) is 39.9 Å². The van der Waals surface area contributed by atoms with Crippen molar-refractivity contribution in [1.82, 2.24) is 10.2 Å². The summed E-state index contributed by atoms with van der Waals surface area (Å²) in [5, 5.41) is 8.37. The molecule has 1 atom stereocenters. The molecule has 0 saturated carbocycles. The number of hydrogen-bond acceptors (Lipinski definition) is 4. The maximum absolute atomic E-state index is 13.4. The highest BCUT2D eigenvalue weighted by molar-refractivity contribution is 6.13. The molecule has 36 heavy (non-hydrogen) atoms. The number of hydrogen-bond donors (Lipinski definition) is 3. The van der Waals surface area contributed by atoms with Gasteiger partial charge in [-0.3, -0.25) is 19.3 Å². The van der Waals surface area contributed by atoms with Crippen LogP contribution < -0.4 is 16.0 Å². The molecule has 1 heterocycles. The monoisotopic (exact) mass is 482 g/mol. The first-order valence-electron chi connectivity index (χ1n) is 11.9. The van der Waals surface area contributed by atoms with Gasteiger partial charge >= 0.3 is 6.03 Å². The SMILES string of the molecule is Cc1cccc(NC(=O)c2ccccc2NC(=O)CN2C(=O)N[C@]3(CCCc4ccccc43)C2=O)c1. The molecule has 3 aromatic rings. The Morgan fingerprint density at radius 1 is 0.972 bits per heavy atom. The zero-order valence-corrected chi connectivity index (χ0v) is 19.8. The van der Waals surface area contributed by atoms with Crippen molar-refractivity contribution in [2.24, 2.45) is 0 Å². The maximum Gasteiger partial charge on any atom is 0.325 e. The highest BCUT2D eigenvalue weighted by Crippen LogP contribution is 2.39. The largest absolute Gasteiger partial charge is 0.325 e. The van der Waals surface area contributed by atoms with Gasteiger partial charge in [0.25, 0.3) is 11.8 Å². The van der Waals surface area contributed by atoms with Crippen LogP contribution in [0.3, 0.4) is 0 Å². The number of carbonyl (C=O) groups is 4. The van der Waals surface area contributed by atoms with E-state index < -0.39 is 29.9 Å². The second kappa shape index (κ2) is 9.30. The van der Waals surface area contributed by atoms with Gasteiger partial charge in [0.1, 0.15) is 12.1 Å². The molecule has 2 aliphatic rings. The van der Waals surface area contributed by atoms with Crippen molar-refractivity contribution in [3.63, 3.8) is 0 Å². The van der Waals surface area contributed by atoms with Gasteiger partial charge in [0, 0.05) is 5.69 Å². The summed E-state index contributed by atoms with van der Waals surface area (Å²) in [7, 11) is 0. The minimum Gasteiger partial charge on any atom is -0.324 e. The van der Waals surface area contributed by atoms with Crippen LogP contribution in [0.5, 0.6) is 0 Å². The third-order valence-corrected chi connectivity index (χ3v) is 6.67. The van der Waals surface area contributed by atoms with Crippen molar-refractivity contribution >= 4 is 35.1 Å². The fourth-order valence-electron chi connectivity index (χ4n) is 5.00. The van der Waals surface area contributed by atoms with Crippen LogP contribution in [0.4, 0.5) is 16.2 Å². The zero-order chi connectivity index (χ0) is 25.3. The van der Waals surface area contributed by atoms with E-state index in [1.165, 1.54) is 0 Å². The van der Waals surface area contributed by atoms with Gasteiger partial charge in [0.15, 0.2) is 0 Å². The molecule has 0 aromatic heterocycles. The standard InChI is InChI=1S/C28H26N4O4/c1-18-8-6-11-20(16-18)29-25(34)21-12-3-5-14-23(21)30-24(33)17-32-26(35)28(31-27(32)36)15-7-10-19-9-2-4-13-22(19)28/h2-6,8-9,11-14,16H,7,10,15,17H2,1H3,(H,29,34)(H,30,33)(H,31,36)/t28-/m0/s1. The molecule has 3 aromatic carbocycles. The molecule has 182 valence electrons. The molecule has 1 fully saturated rings. The molecule has 1 spiro atoms. The van der Waals surface area contributed by atoms with Crippen molar-refractivity contribution in [1.29, 1.82) is 0 Å². The van der Waals surface area contributed by atoms with Gasteiger partial charge in [-0.05, 0) is 67.1 Å². The fourth-order valence-corrected chi connectivity index (χ4v) is 5.00. The smallest absolute Gasteiger partial charge is 0.324 e. The highest BCUT2D eigenvalue weighted by Gasteiger charge is 2.54. The molecule has 1 aliphatic heterocycles. The van der Waals surface area contributed by atoms with Gasteiger partial charge in [-0.25, -0.2) is 4.79 Å². The Labute approximate surface area is 208 Å². The molecule has 0 bridgehead atoms. The molecule has 8 nitrogen and oxygen atoms in total. The second-order valence-electron chi connectivity index (χ2n) is 9.15. The van der Waals surface area contributed by atoms with Crippen LogP contribution in [0.15, 0.2) is 72.8 Å². The number of anilines is 2. The summed E-state index contributed by atoms with van der Waals surface area (Å²) in [6, 6.07) is 21.0. The van der Waals surface area contributed by atoms with Gasteiger partial charge in [0.05, 0.1) is 11.3 Å². The van der Waals surface area contributed by atoms with Gasteiger partial charge in [-0.2, -0.15) is 0 Å². The topological polar surface area (TPSA) is 108 Å². The van der Waals surface area contributed by atoms with E-state index in [1.54, 1.807) is 30.3 Å². The normalized spacial score (nSPS) is 18.5. The molecule has 5 rings (SSSR count). The molecule has 0 unspecified atom stereocenters. The number of amides is 5. The Morgan fingerprint density at radius 2 is 1.75 bits per heavy atom. The first-order chi connectivity index (χ1) is 17.4. The van der Waals surface area contributed by atoms with Crippen molar-refractivity contribution in [2.45, 2.75) is 31.7 Å². The summed E-state index contributed by atoms with van der Waals surface area (Å²) in [6.07, 6.45) is 2.07. The molecule has 5 amide bonds. The highest BCUT2D eigenvalue weighted by atomic mass is 16.2. The van der Waals surface area contributed by atoms with E-state index in [0.29, 0.717) is 12.1 Å². The predicted molar refractivity (Wildman–Crippen MR) is 136 cm³/mol. The molecule has 3 N–H and O–H groups in total. The molecule has 1 saturated heterocycles. The fraction of sp³-hybridized carbons (Fsp3) is 0.214. The van der Waals surface area contributed by atoms with Crippen molar-refractivity contribution < 1.29 is 19.2 Å². The first kappa shape index (κ1) is 23.3. The van der Waals surface area contributed by atoms with Crippen LogP contribution in [0, 0.1) is 6.92 Å². The van der Waals surface area contributed by atoms with Crippen molar-refractivity contribution in [3.8, 4) is 0 Å². The lowest BCUT2D eigenvalue weighted by molar-refractivity contribution is -0.134. The van der Waals surface area contributed by atoms with Gasteiger partial charge < -0.3 is 16.0 Å². The van der Waals surface area contributed by atoms with Crippen LogP contribution >= 0.6 is 0 Å². The lowest BCUT2D eigenvalue weighted by atomic mass is 9.76. The van der Waals surface area contributed by atoms with Crippen molar-refractivity contribution in [3.05, 3.63) is 95.1 Å². The summed E-state index contributed by atoms with van der Waals surface area (Å²) in [5.41, 5.74) is 2.87. The minimum absolute atomic E-state index is 0.266. The number of urea groups is 1. The van der Waals surface area contributed by atoms with Crippen LogP contribution in [0.25, 0.3) is 0 Å². The molecule has 8 heteroatoms. The van der Waals surface area contributed by atoms with Crippen LogP contribution in [-0.4, -0.2) is 35.2 Å². The van der Waals surface area contributed by atoms with E-state index in [4.69, 9.17) is 0 Å². The number of benzene rings is 3. The van der Waals surface area contributed by atoms with E-state index in [1.807, 2.05) is 49.4 Å². The molecule has 0 radical (unpaired) electrons. The number of imide groups is 1. The lowest BCUT2D eigenvalue weighted by Gasteiger charge is -2.33. The van der Waals surface area contributed by atoms with E-state index in [0.717, 1.165) is 34.4 Å². The minimum atomic E-state index is -1.14. The van der Waals surface area contributed by atoms with Gasteiger partial charge in [-0.15, -0.1) is 0 Å². The summed E-state index contributed by atoms with van der Waals surface area (Å²) in [4.78, 5) is 53.1. The third kappa shape index (κ3) is 4.22. The number of nitrogens with zero attached hydrogens (tertiary/aromatic N) is 1. The Hall–Kier alpha value is -4.46. The average molecular weight is 483 g/mol. The van der Waals surface area contributed by atoms with E-state index >= 15 is 0 Å². The summed E-state index contributed by atoms with van der Waals surface area (Å²) in [5.74, 6) is -1.39. The number of nitrogens with one attached hydrogen (secondary N) is 3. The number of aryl methyl sites for hydroxylation is 2. The summed E-state index contributed by atoms with van der Waals surface area (Å²) >= 11 is 0. The quantitative estimate of drug-likeness (QED) is 0.478. The molecule has 1 aliphatic carbocycles.